The van der Waals surface area contributed by atoms with Crippen LogP contribution in [0.2, 0.25) is 5.02 Å². The Morgan fingerprint density at radius 3 is 2.38 bits per heavy atom. The van der Waals surface area contributed by atoms with E-state index >= 15 is 0 Å². The van der Waals surface area contributed by atoms with Crippen molar-refractivity contribution < 1.29 is 9.53 Å². The van der Waals surface area contributed by atoms with Gasteiger partial charge in [-0.15, -0.1) is 5.10 Å². The number of benzene rings is 3. The van der Waals surface area contributed by atoms with E-state index in [0.717, 1.165) is 69.8 Å². The average Bonchev–Trinajstić information content (AvgIpc) is 3.33. The molecule has 0 unspecified atom stereocenters. The molecule has 0 aliphatic carbocycles. The second-order valence-electron chi connectivity index (χ2n) is 9.07. The highest BCUT2D eigenvalue weighted by atomic mass is 79.9. The van der Waals surface area contributed by atoms with Gasteiger partial charge in [0.05, 0.1) is 7.11 Å². The molecule has 6 rings (SSSR count). The van der Waals surface area contributed by atoms with Crippen molar-refractivity contribution in [1.29, 1.82) is 0 Å². The van der Waals surface area contributed by atoms with Gasteiger partial charge in [-0.2, -0.15) is 0 Å². The van der Waals surface area contributed by atoms with Crippen LogP contribution < -0.4 is 10.1 Å². The number of carbonyl (C=O) groups is 1. The zero-order valence-electron chi connectivity index (χ0n) is 20.2. The number of halogens is 2. The fraction of sp³-hybridized carbons (Fsp3) is 0.172. The van der Waals surface area contributed by atoms with Crippen LogP contribution in [-0.4, -0.2) is 27.2 Å². The molecule has 37 heavy (non-hydrogen) atoms. The van der Waals surface area contributed by atoms with E-state index < -0.39 is 0 Å². The number of hydrogen-bond donors (Lipinski definition) is 1. The number of aromatic nitrogens is 3. The molecule has 0 fully saturated rings. The summed E-state index contributed by atoms with van der Waals surface area (Å²) in [7, 11) is 1.65. The monoisotopic (exact) mass is 574 g/mol. The molecule has 1 aliphatic heterocycles. The van der Waals surface area contributed by atoms with E-state index in [1.54, 1.807) is 31.4 Å². The van der Waals surface area contributed by atoms with E-state index in [2.05, 4.69) is 37.9 Å². The van der Waals surface area contributed by atoms with Gasteiger partial charge in [-0.3, -0.25) is 4.79 Å². The van der Waals surface area contributed by atoms with Gasteiger partial charge in [-0.05, 0) is 73.4 Å². The van der Waals surface area contributed by atoms with Crippen LogP contribution in [-0.2, 0) is 13.0 Å². The van der Waals surface area contributed by atoms with Crippen LogP contribution in [0.4, 0.5) is 5.69 Å². The molecular weight excluding hydrogens is 552 g/mol. The van der Waals surface area contributed by atoms with Crippen molar-refractivity contribution in [3.8, 4) is 28.3 Å². The Labute approximate surface area is 228 Å². The lowest BCUT2D eigenvalue weighted by atomic mass is 9.97. The summed E-state index contributed by atoms with van der Waals surface area (Å²) < 4.78 is 10.5. The predicted octanol–water partition coefficient (Wildman–Crippen LogP) is 7.48. The molecule has 3 aromatic carbocycles. The molecule has 0 bridgehead atoms. The van der Waals surface area contributed by atoms with Gasteiger partial charge in [-0.25, -0.2) is 4.52 Å². The van der Waals surface area contributed by atoms with Crippen LogP contribution in [0.3, 0.4) is 0 Å². The average molecular weight is 576 g/mol. The molecular formula is C29H24BrClN4O2. The highest BCUT2D eigenvalue weighted by Crippen LogP contribution is 2.39. The number of nitrogens with one attached hydrogen (secondary N) is 1. The van der Waals surface area contributed by atoms with Crippen LogP contribution in [0.1, 0.15) is 28.9 Å². The smallest absolute Gasteiger partial charge is 0.275 e. The van der Waals surface area contributed by atoms with E-state index in [0.29, 0.717) is 16.4 Å². The standard InChI is InChI=1S/C29H24BrClN4O2/c1-37-23-15-7-18(8-16-23)25-24-4-2-3-17-34-27(19-5-9-20(30)10-6-19)33-35(29(24)34)26(25)28(36)32-22-13-11-21(31)12-14-22/h5-16H,2-4,17H2,1H3,(H,32,36). The van der Waals surface area contributed by atoms with Gasteiger partial charge in [-0.1, -0.05) is 51.8 Å². The lowest BCUT2D eigenvalue weighted by Crippen LogP contribution is -2.16. The first-order valence-electron chi connectivity index (χ1n) is 12.1. The molecule has 0 radical (unpaired) electrons. The Morgan fingerprint density at radius 1 is 0.973 bits per heavy atom. The Balaban J connectivity index is 1.59. The summed E-state index contributed by atoms with van der Waals surface area (Å²) in [6.45, 7) is 0.839. The zero-order valence-corrected chi connectivity index (χ0v) is 22.5. The second-order valence-corrected chi connectivity index (χ2v) is 10.4. The summed E-state index contributed by atoms with van der Waals surface area (Å²) in [5, 5.41) is 8.72. The first-order chi connectivity index (χ1) is 18.0. The number of methoxy groups -OCH3 is 1. The van der Waals surface area contributed by atoms with Crippen LogP contribution in [0.25, 0.3) is 28.2 Å². The van der Waals surface area contributed by atoms with Crippen molar-refractivity contribution in [1.82, 2.24) is 14.2 Å². The summed E-state index contributed by atoms with van der Waals surface area (Å²) in [6, 6.07) is 23.1. The molecule has 0 atom stereocenters. The number of carbonyl (C=O) groups excluding carboxylic acids is 1. The number of rotatable bonds is 5. The van der Waals surface area contributed by atoms with E-state index in [9.17, 15) is 4.79 Å². The lowest BCUT2D eigenvalue weighted by Gasteiger charge is -2.10. The first-order valence-corrected chi connectivity index (χ1v) is 13.3. The van der Waals surface area contributed by atoms with Gasteiger partial charge < -0.3 is 14.6 Å². The Morgan fingerprint density at radius 2 is 1.68 bits per heavy atom. The van der Waals surface area contributed by atoms with Gasteiger partial charge in [0, 0.05) is 38.4 Å². The van der Waals surface area contributed by atoms with Crippen LogP contribution >= 0.6 is 27.5 Å². The van der Waals surface area contributed by atoms with Gasteiger partial charge in [0.25, 0.3) is 5.91 Å². The van der Waals surface area contributed by atoms with Gasteiger partial charge in [0.2, 0.25) is 0 Å². The molecule has 1 amide bonds. The number of aryl methyl sites for hydroxylation is 2. The molecule has 0 saturated carbocycles. The van der Waals surface area contributed by atoms with Gasteiger partial charge >= 0.3 is 0 Å². The number of hydrogen-bond acceptors (Lipinski definition) is 3. The number of ether oxygens (including phenoxy) is 1. The van der Waals surface area contributed by atoms with Gasteiger partial charge in [0.15, 0.2) is 5.82 Å². The third-order valence-corrected chi connectivity index (χ3v) is 7.56. The van der Waals surface area contributed by atoms with Gasteiger partial charge in [0.1, 0.15) is 17.1 Å². The number of nitrogens with zero attached hydrogens (tertiary/aromatic N) is 3. The Kier molecular flexibility index (Phi) is 6.26. The second kappa shape index (κ2) is 9.72. The minimum atomic E-state index is -0.220. The van der Waals surface area contributed by atoms with Crippen LogP contribution in [0, 0.1) is 0 Å². The maximum absolute atomic E-state index is 13.9. The molecule has 186 valence electrons. The van der Waals surface area contributed by atoms with Crippen molar-refractivity contribution in [2.24, 2.45) is 0 Å². The molecule has 1 aliphatic rings. The highest BCUT2D eigenvalue weighted by Gasteiger charge is 2.30. The maximum atomic E-state index is 13.9. The lowest BCUT2D eigenvalue weighted by molar-refractivity contribution is 0.102. The van der Waals surface area contributed by atoms with Crippen molar-refractivity contribution >= 4 is 44.8 Å². The van der Waals surface area contributed by atoms with Crippen molar-refractivity contribution in [3.63, 3.8) is 0 Å². The molecule has 0 saturated heterocycles. The number of anilines is 1. The fourth-order valence-corrected chi connectivity index (χ4v) is 5.44. The molecule has 5 aromatic rings. The maximum Gasteiger partial charge on any atom is 0.275 e. The molecule has 6 nitrogen and oxygen atoms in total. The molecule has 1 N–H and O–H groups in total. The quantitative estimate of drug-likeness (QED) is 0.236. The zero-order chi connectivity index (χ0) is 25.5. The van der Waals surface area contributed by atoms with Crippen molar-refractivity contribution in [2.45, 2.75) is 25.8 Å². The largest absolute Gasteiger partial charge is 0.497 e. The van der Waals surface area contributed by atoms with Crippen molar-refractivity contribution in [3.05, 3.63) is 93.5 Å². The van der Waals surface area contributed by atoms with E-state index in [-0.39, 0.29) is 5.91 Å². The van der Waals surface area contributed by atoms with Crippen LogP contribution in [0.5, 0.6) is 5.75 Å². The predicted molar refractivity (Wildman–Crippen MR) is 151 cm³/mol. The summed E-state index contributed by atoms with van der Waals surface area (Å²) >= 11 is 9.59. The van der Waals surface area contributed by atoms with E-state index in [1.165, 1.54) is 0 Å². The summed E-state index contributed by atoms with van der Waals surface area (Å²) in [5.41, 5.74) is 6.18. The third-order valence-electron chi connectivity index (χ3n) is 6.78. The Hall–Kier alpha value is -3.55. The molecule has 3 heterocycles. The fourth-order valence-electron chi connectivity index (χ4n) is 5.05. The summed E-state index contributed by atoms with van der Waals surface area (Å²) in [6.07, 6.45) is 2.94. The molecule has 2 aromatic heterocycles. The van der Waals surface area contributed by atoms with Crippen LogP contribution in [0.15, 0.2) is 77.3 Å². The topological polar surface area (TPSA) is 60.6 Å². The summed E-state index contributed by atoms with van der Waals surface area (Å²) in [4.78, 5) is 13.9. The number of amides is 1. The normalized spacial score (nSPS) is 12.9. The molecule has 0 spiro atoms. The van der Waals surface area contributed by atoms with E-state index in [4.69, 9.17) is 21.4 Å². The highest BCUT2D eigenvalue weighted by molar-refractivity contribution is 9.10. The van der Waals surface area contributed by atoms with Crippen molar-refractivity contribution in [2.75, 3.05) is 12.4 Å². The SMILES string of the molecule is COc1ccc(-c2c3c4n(c(-c5ccc(Br)cc5)nn4c2C(=O)Nc2ccc(Cl)cc2)CCCC3)cc1. The molecule has 8 heteroatoms. The minimum Gasteiger partial charge on any atom is -0.497 e. The third kappa shape index (κ3) is 4.32. The van der Waals surface area contributed by atoms with E-state index in [1.807, 2.05) is 40.9 Å². The summed E-state index contributed by atoms with van der Waals surface area (Å²) in [5.74, 6) is 1.40. The first kappa shape index (κ1) is 23.8. The minimum absolute atomic E-state index is 0.220. The Bertz CT molecular complexity index is 1600.